The largest absolute Gasteiger partial charge is 0.492 e. The molecule has 0 saturated heterocycles. The van der Waals surface area contributed by atoms with E-state index in [0.29, 0.717) is 47.1 Å². The number of nitrogens with one attached hydrogen (secondary N) is 3. The molecule has 9 nitrogen and oxygen atoms in total. The fourth-order valence-electron chi connectivity index (χ4n) is 4.04. The predicted molar refractivity (Wildman–Crippen MR) is 143 cm³/mol. The highest BCUT2D eigenvalue weighted by Gasteiger charge is 2.36. The summed E-state index contributed by atoms with van der Waals surface area (Å²) in [5.74, 6) is 0.272. The van der Waals surface area contributed by atoms with Gasteiger partial charge in [0.1, 0.15) is 5.75 Å². The van der Waals surface area contributed by atoms with Crippen LogP contribution in [0.5, 0.6) is 5.75 Å². The van der Waals surface area contributed by atoms with E-state index in [1.807, 2.05) is 33.8 Å². The Labute approximate surface area is 218 Å². The maximum absolute atomic E-state index is 13.2. The molecule has 0 saturated carbocycles. The average Bonchev–Trinajstić information content (AvgIpc) is 2.86. The minimum Gasteiger partial charge on any atom is -0.492 e. The summed E-state index contributed by atoms with van der Waals surface area (Å²) in [6, 6.07) is 12.7. The Kier molecular flexibility index (Phi) is 9.54. The normalized spacial score (nSPS) is 15.4. The van der Waals surface area contributed by atoms with Crippen LogP contribution in [0.3, 0.4) is 0 Å². The second-order valence-electron chi connectivity index (χ2n) is 9.16. The SMILES string of the molecule is CCCN1C(=O)NC(c2cccc(NC(=O)Nc3ccccc3OCC)c2)C(C(=O)OCC(C)C)=C1C. The van der Waals surface area contributed by atoms with Gasteiger partial charge >= 0.3 is 18.0 Å². The van der Waals surface area contributed by atoms with Gasteiger partial charge in [0.15, 0.2) is 0 Å². The number of urea groups is 2. The molecule has 2 aromatic carbocycles. The molecule has 1 aliphatic heterocycles. The number of rotatable bonds is 10. The van der Waals surface area contributed by atoms with Gasteiger partial charge < -0.3 is 25.4 Å². The molecular formula is C28H36N4O5. The molecule has 1 heterocycles. The fourth-order valence-corrected chi connectivity index (χ4v) is 4.04. The summed E-state index contributed by atoms with van der Waals surface area (Å²) in [7, 11) is 0. The van der Waals surface area contributed by atoms with E-state index in [9.17, 15) is 14.4 Å². The lowest BCUT2D eigenvalue weighted by molar-refractivity contribution is -0.140. The highest BCUT2D eigenvalue weighted by Crippen LogP contribution is 2.33. The average molecular weight is 509 g/mol. The number of esters is 1. The van der Waals surface area contributed by atoms with E-state index in [0.717, 1.165) is 6.42 Å². The summed E-state index contributed by atoms with van der Waals surface area (Å²) in [6.07, 6.45) is 0.741. The summed E-state index contributed by atoms with van der Waals surface area (Å²) < 4.78 is 11.1. The van der Waals surface area contributed by atoms with E-state index in [1.54, 1.807) is 54.3 Å². The van der Waals surface area contributed by atoms with Gasteiger partial charge in [0.05, 0.1) is 30.5 Å². The lowest BCUT2D eigenvalue weighted by atomic mass is 9.94. The lowest BCUT2D eigenvalue weighted by Crippen LogP contribution is -2.48. The number of anilines is 2. The number of carbonyl (C=O) groups excluding carboxylic acids is 3. The summed E-state index contributed by atoms with van der Waals surface area (Å²) in [4.78, 5) is 40.3. The minimum atomic E-state index is -0.719. The van der Waals surface area contributed by atoms with E-state index < -0.39 is 18.0 Å². The first kappa shape index (κ1) is 27.6. The van der Waals surface area contributed by atoms with Crippen molar-refractivity contribution in [2.45, 2.75) is 47.1 Å². The molecule has 1 unspecified atom stereocenters. The standard InChI is InChI=1S/C28H36N4O5/c1-6-15-32-19(5)24(26(33)37-17-18(3)4)25(31-28(32)35)20-11-10-12-21(16-20)29-27(34)30-22-13-8-9-14-23(22)36-7-2/h8-14,16,18,25H,6-7,15,17H2,1-5H3,(H,31,35)(H2,29,30,34). The van der Waals surface area contributed by atoms with Crippen molar-refractivity contribution in [3.63, 3.8) is 0 Å². The highest BCUT2D eigenvalue weighted by molar-refractivity contribution is 6.01. The van der Waals surface area contributed by atoms with Gasteiger partial charge in [-0.15, -0.1) is 0 Å². The van der Waals surface area contributed by atoms with Gasteiger partial charge in [0.2, 0.25) is 0 Å². The summed E-state index contributed by atoms with van der Waals surface area (Å²) in [5, 5.41) is 8.55. The van der Waals surface area contributed by atoms with Gasteiger partial charge in [-0.3, -0.25) is 4.90 Å². The monoisotopic (exact) mass is 508 g/mol. The second-order valence-corrected chi connectivity index (χ2v) is 9.16. The number of para-hydroxylation sites is 2. The quantitative estimate of drug-likeness (QED) is 0.358. The van der Waals surface area contributed by atoms with Crippen LogP contribution >= 0.6 is 0 Å². The Balaban J connectivity index is 1.86. The molecule has 2 aromatic rings. The van der Waals surface area contributed by atoms with Crippen molar-refractivity contribution in [1.82, 2.24) is 10.2 Å². The van der Waals surface area contributed by atoms with Gasteiger partial charge in [-0.05, 0) is 56.0 Å². The molecule has 0 bridgehead atoms. The number of amides is 4. The molecule has 3 N–H and O–H groups in total. The number of ether oxygens (including phenoxy) is 2. The summed E-state index contributed by atoms with van der Waals surface area (Å²) >= 11 is 0. The third-order valence-corrected chi connectivity index (χ3v) is 5.72. The first-order valence-electron chi connectivity index (χ1n) is 12.6. The first-order valence-corrected chi connectivity index (χ1v) is 12.6. The maximum Gasteiger partial charge on any atom is 0.338 e. The number of carbonyl (C=O) groups is 3. The Morgan fingerprint density at radius 2 is 1.84 bits per heavy atom. The van der Waals surface area contributed by atoms with E-state index in [2.05, 4.69) is 16.0 Å². The molecule has 0 spiro atoms. The van der Waals surface area contributed by atoms with Crippen LogP contribution in [0.2, 0.25) is 0 Å². The van der Waals surface area contributed by atoms with Crippen LogP contribution in [-0.4, -0.2) is 42.7 Å². The zero-order valence-corrected chi connectivity index (χ0v) is 22.1. The second kappa shape index (κ2) is 12.8. The number of hydrogen-bond acceptors (Lipinski definition) is 5. The van der Waals surface area contributed by atoms with Gasteiger partial charge in [-0.2, -0.15) is 0 Å². The van der Waals surface area contributed by atoms with Gasteiger partial charge in [0.25, 0.3) is 0 Å². The Morgan fingerprint density at radius 3 is 2.54 bits per heavy atom. The topological polar surface area (TPSA) is 109 Å². The smallest absolute Gasteiger partial charge is 0.338 e. The van der Waals surface area contributed by atoms with E-state index in [-0.39, 0.29) is 18.6 Å². The molecule has 0 radical (unpaired) electrons. The van der Waals surface area contributed by atoms with Crippen molar-refractivity contribution in [1.29, 1.82) is 0 Å². The molecule has 1 atom stereocenters. The van der Waals surface area contributed by atoms with Crippen molar-refractivity contribution in [2.24, 2.45) is 5.92 Å². The highest BCUT2D eigenvalue weighted by atomic mass is 16.5. The molecule has 0 aliphatic carbocycles. The Bertz CT molecular complexity index is 1160. The van der Waals surface area contributed by atoms with Crippen LogP contribution in [0.1, 0.15) is 52.6 Å². The van der Waals surface area contributed by atoms with Crippen LogP contribution in [0.25, 0.3) is 0 Å². The number of hydrogen-bond donors (Lipinski definition) is 3. The first-order chi connectivity index (χ1) is 17.7. The van der Waals surface area contributed by atoms with Crippen molar-refractivity contribution < 1.29 is 23.9 Å². The summed E-state index contributed by atoms with van der Waals surface area (Å²) in [5.41, 5.74) is 2.63. The molecule has 1 aliphatic rings. The zero-order chi connectivity index (χ0) is 26.9. The van der Waals surface area contributed by atoms with Gasteiger partial charge in [-0.1, -0.05) is 45.0 Å². The fraction of sp³-hybridized carbons (Fsp3) is 0.393. The van der Waals surface area contributed by atoms with Gasteiger partial charge in [0, 0.05) is 17.9 Å². The number of allylic oxidation sites excluding steroid dienone is 1. The van der Waals surface area contributed by atoms with E-state index >= 15 is 0 Å². The maximum atomic E-state index is 13.2. The third kappa shape index (κ3) is 7.03. The molecule has 0 fully saturated rings. The number of benzene rings is 2. The molecule has 9 heteroatoms. The van der Waals surface area contributed by atoms with Crippen LogP contribution in [0.15, 0.2) is 59.8 Å². The predicted octanol–water partition coefficient (Wildman–Crippen LogP) is 5.68. The Hall–Kier alpha value is -4.01. The molecule has 0 aromatic heterocycles. The van der Waals surface area contributed by atoms with Crippen LogP contribution in [0, 0.1) is 5.92 Å². The van der Waals surface area contributed by atoms with Crippen LogP contribution in [0.4, 0.5) is 21.0 Å². The van der Waals surface area contributed by atoms with Crippen molar-refractivity contribution in [3.8, 4) is 5.75 Å². The zero-order valence-electron chi connectivity index (χ0n) is 22.1. The summed E-state index contributed by atoms with van der Waals surface area (Å²) in [6.45, 7) is 10.8. The molecule has 3 rings (SSSR count). The third-order valence-electron chi connectivity index (χ3n) is 5.72. The van der Waals surface area contributed by atoms with Crippen molar-refractivity contribution in [3.05, 3.63) is 65.4 Å². The van der Waals surface area contributed by atoms with Crippen molar-refractivity contribution in [2.75, 3.05) is 30.4 Å². The van der Waals surface area contributed by atoms with Crippen LogP contribution in [-0.2, 0) is 9.53 Å². The molecular weight excluding hydrogens is 472 g/mol. The van der Waals surface area contributed by atoms with Crippen molar-refractivity contribution >= 4 is 29.4 Å². The Morgan fingerprint density at radius 1 is 1.08 bits per heavy atom. The molecule has 4 amide bonds. The van der Waals surface area contributed by atoms with E-state index in [4.69, 9.17) is 9.47 Å². The van der Waals surface area contributed by atoms with Crippen LogP contribution < -0.4 is 20.7 Å². The van der Waals surface area contributed by atoms with E-state index in [1.165, 1.54) is 0 Å². The minimum absolute atomic E-state index is 0.173. The number of nitrogens with zero attached hydrogens (tertiary/aromatic N) is 1. The lowest BCUT2D eigenvalue weighted by Gasteiger charge is -2.35. The molecule has 198 valence electrons. The molecule has 37 heavy (non-hydrogen) atoms. The van der Waals surface area contributed by atoms with Gasteiger partial charge in [-0.25, -0.2) is 14.4 Å².